The number of rotatable bonds is 3. The molecule has 0 saturated carbocycles. The van der Waals surface area contributed by atoms with Gasteiger partial charge < -0.3 is 5.32 Å². The Morgan fingerprint density at radius 1 is 1.33 bits per heavy atom. The van der Waals surface area contributed by atoms with E-state index in [0.29, 0.717) is 5.02 Å². The van der Waals surface area contributed by atoms with Crippen LogP contribution in [0.15, 0.2) is 47.2 Å². The molecular weight excluding hydrogens is 314 g/mol. The minimum atomic E-state index is -0.459. The fraction of sp³-hybridized carbons (Fsp3) is 0.0769. The first-order valence-electron chi connectivity index (χ1n) is 5.21. The van der Waals surface area contributed by atoms with Crippen LogP contribution in [0.1, 0.15) is 11.6 Å². The molecule has 0 radical (unpaired) electrons. The van der Waals surface area contributed by atoms with E-state index in [1.807, 2.05) is 18.2 Å². The second-order valence-corrected chi connectivity index (χ2v) is 5.01. The number of benzene rings is 1. The molecule has 0 bridgehead atoms. The number of hydrogen-bond donors (Lipinski definition) is 1. The molecule has 18 heavy (non-hydrogen) atoms. The standard InChI is InChI=1S/C13H9BrClN3/c14-10-5-12(8-17-7-10)18-13(6-16)9-2-1-3-11(15)4-9/h1-5,7-8,13,18H/t13-/m1/s1. The van der Waals surface area contributed by atoms with E-state index in [0.717, 1.165) is 15.7 Å². The van der Waals surface area contributed by atoms with Crippen LogP contribution in [-0.4, -0.2) is 4.98 Å². The average Bonchev–Trinajstić information content (AvgIpc) is 2.36. The van der Waals surface area contributed by atoms with Gasteiger partial charge in [-0.05, 0) is 39.7 Å². The van der Waals surface area contributed by atoms with Gasteiger partial charge in [-0.15, -0.1) is 0 Å². The van der Waals surface area contributed by atoms with Gasteiger partial charge in [-0.1, -0.05) is 23.7 Å². The molecule has 0 unspecified atom stereocenters. The second-order valence-electron chi connectivity index (χ2n) is 3.65. The molecular formula is C13H9BrClN3. The lowest BCUT2D eigenvalue weighted by Crippen LogP contribution is -2.08. The zero-order chi connectivity index (χ0) is 13.0. The first-order valence-corrected chi connectivity index (χ1v) is 6.38. The molecule has 1 heterocycles. The molecule has 2 rings (SSSR count). The number of nitriles is 1. The van der Waals surface area contributed by atoms with Crippen LogP contribution < -0.4 is 5.32 Å². The van der Waals surface area contributed by atoms with Crippen molar-refractivity contribution in [3.63, 3.8) is 0 Å². The molecule has 1 N–H and O–H groups in total. The zero-order valence-corrected chi connectivity index (χ0v) is 11.6. The Kier molecular flexibility index (Phi) is 4.19. The van der Waals surface area contributed by atoms with Crippen molar-refractivity contribution in [2.75, 3.05) is 5.32 Å². The Morgan fingerprint density at radius 3 is 2.83 bits per heavy atom. The topological polar surface area (TPSA) is 48.7 Å². The van der Waals surface area contributed by atoms with Crippen LogP contribution in [0.2, 0.25) is 5.02 Å². The third kappa shape index (κ3) is 3.22. The summed E-state index contributed by atoms with van der Waals surface area (Å²) in [4.78, 5) is 4.04. The summed E-state index contributed by atoms with van der Waals surface area (Å²) in [6.07, 6.45) is 3.35. The van der Waals surface area contributed by atoms with Crippen molar-refractivity contribution in [3.8, 4) is 6.07 Å². The van der Waals surface area contributed by atoms with E-state index in [1.165, 1.54) is 0 Å². The van der Waals surface area contributed by atoms with E-state index in [1.54, 1.807) is 24.5 Å². The molecule has 0 saturated heterocycles. The maximum Gasteiger partial charge on any atom is 0.140 e. The number of pyridine rings is 1. The molecule has 1 aromatic heterocycles. The highest BCUT2D eigenvalue weighted by atomic mass is 79.9. The normalized spacial score (nSPS) is 11.6. The number of halogens is 2. The van der Waals surface area contributed by atoms with Gasteiger partial charge >= 0.3 is 0 Å². The highest BCUT2D eigenvalue weighted by Gasteiger charge is 2.10. The predicted molar refractivity (Wildman–Crippen MR) is 75.4 cm³/mol. The van der Waals surface area contributed by atoms with Gasteiger partial charge in [0, 0.05) is 15.7 Å². The number of nitrogens with zero attached hydrogens (tertiary/aromatic N) is 2. The molecule has 0 spiro atoms. The minimum absolute atomic E-state index is 0.459. The SMILES string of the molecule is N#C[C@@H](Nc1cncc(Br)c1)c1cccc(Cl)c1. The fourth-order valence-corrected chi connectivity index (χ4v) is 2.10. The van der Waals surface area contributed by atoms with Crippen molar-refractivity contribution in [1.82, 2.24) is 4.98 Å². The van der Waals surface area contributed by atoms with Crippen LogP contribution in [0.4, 0.5) is 5.69 Å². The quantitative estimate of drug-likeness (QED) is 0.922. The van der Waals surface area contributed by atoms with Crippen molar-refractivity contribution in [3.05, 3.63) is 57.8 Å². The van der Waals surface area contributed by atoms with Gasteiger partial charge in [0.05, 0.1) is 18.0 Å². The largest absolute Gasteiger partial charge is 0.365 e. The first-order chi connectivity index (χ1) is 8.69. The molecule has 0 aliphatic heterocycles. The summed E-state index contributed by atoms with van der Waals surface area (Å²) >= 11 is 9.25. The van der Waals surface area contributed by atoms with Gasteiger partial charge in [0.2, 0.25) is 0 Å². The molecule has 90 valence electrons. The Morgan fingerprint density at radius 2 is 2.17 bits per heavy atom. The summed E-state index contributed by atoms with van der Waals surface area (Å²) in [6, 6.07) is 10.8. The van der Waals surface area contributed by atoms with E-state index < -0.39 is 6.04 Å². The number of nitrogens with one attached hydrogen (secondary N) is 1. The fourth-order valence-electron chi connectivity index (χ4n) is 1.53. The van der Waals surface area contributed by atoms with E-state index >= 15 is 0 Å². The minimum Gasteiger partial charge on any atom is -0.365 e. The summed E-state index contributed by atoms with van der Waals surface area (Å²) in [7, 11) is 0. The predicted octanol–water partition coefficient (Wildman–Crippen LogP) is 4.17. The summed E-state index contributed by atoms with van der Waals surface area (Å²) < 4.78 is 0.857. The number of aromatic nitrogens is 1. The highest BCUT2D eigenvalue weighted by molar-refractivity contribution is 9.10. The Labute approximate surface area is 119 Å². The molecule has 1 aromatic carbocycles. The average molecular weight is 323 g/mol. The van der Waals surface area contributed by atoms with Gasteiger partial charge in [0.25, 0.3) is 0 Å². The molecule has 3 nitrogen and oxygen atoms in total. The van der Waals surface area contributed by atoms with Crippen molar-refractivity contribution in [1.29, 1.82) is 5.26 Å². The molecule has 5 heteroatoms. The van der Waals surface area contributed by atoms with Crippen LogP contribution >= 0.6 is 27.5 Å². The summed E-state index contributed by atoms with van der Waals surface area (Å²) in [5, 5.41) is 12.9. The molecule has 0 amide bonds. The monoisotopic (exact) mass is 321 g/mol. The van der Waals surface area contributed by atoms with Crippen molar-refractivity contribution < 1.29 is 0 Å². The van der Waals surface area contributed by atoms with Crippen LogP contribution in [0.3, 0.4) is 0 Å². The van der Waals surface area contributed by atoms with Gasteiger partial charge in [0.15, 0.2) is 0 Å². The van der Waals surface area contributed by atoms with Gasteiger partial charge in [-0.25, -0.2) is 0 Å². The maximum atomic E-state index is 9.21. The molecule has 0 fully saturated rings. The maximum absolute atomic E-state index is 9.21. The van der Waals surface area contributed by atoms with Crippen molar-refractivity contribution in [2.45, 2.75) is 6.04 Å². The molecule has 1 atom stereocenters. The van der Waals surface area contributed by atoms with E-state index in [-0.39, 0.29) is 0 Å². The van der Waals surface area contributed by atoms with Crippen LogP contribution in [0.5, 0.6) is 0 Å². The summed E-state index contributed by atoms with van der Waals surface area (Å²) in [5.41, 5.74) is 1.60. The second kappa shape index (κ2) is 5.85. The lowest BCUT2D eigenvalue weighted by atomic mass is 10.1. The third-order valence-electron chi connectivity index (χ3n) is 2.33. The summed E-state index contributed by atoms with van der Waals surface area (Å²) in [6.45, 7) is 0. The molecule has 0 aliphatic rings. The Balaban J connectivity index is 2.23. The van der Waals surface area contributed by atoms with Crippen LogP contribution in [0, 0.1) is 11.3 Å². The lowest BCUT2D eigenvalue weighted by Gasteiger charge is -2.13. The Hall–Kier alpha value is -1.57. The van der Waals surface area contributed by atoms with Crippen molar-refractivity contribution in [2.24, 2.45) is 0 Å². The molecule has 2 aromatic rings. The van der Waals surface area contributed by atoms with E-state index in [4.69, 9.17) is 11.6 Å². The Bertz CT molecular complexity index is 595. The van der Waals surface area contributed by atoms with Crippen molar-refractivity contribution >= 4 is 33.2 Å². The van der Waals surface area contributed by atoms with Gasteiger partial charge in [-0.2, -0.15) is 5.26 Å². The summed E-state index contributed by atoms with van der Waals surface area (Å²) in [5.74, 6) is 0. The smallest absolute Gasteiger partial charge is 0.140 e. The van der Waals surface area contributed by atoms with E-state index in [9.17, 15) is 5.26 Å². The van der Waals surface area contributed by atoms with Gasteiger partial charge in [-0.3, -0.25) is 4.98 Å². The highest BCUT2D eigenvalue weighted by Crippen LogP contribution is 2.22. The number of hydrogen-bond acceptors (Lipinski definition) is 3. The van der Waals surface area contributed by atoms with Gasteiger partial charge in [0.1, 0.15) is 6.04 Å². The van der Waals surface area contributed by atoms with Crippen LogP contribution in [-0.2, 0) is 0 Å². The lowest BCUT2D eigenvalue weighted by molar-refractivity contribution is 0.993. The van der Waals surface area contributed by atoms with E-state index in [2.05, 4.69) is 32.3 Å². The third-order valence-corrected chi connectivity index (χ3v) is 3.00. The molecule has 0 aliphatic carbocycles. The van der Waals surface area contributed by atoms with Crippen LogP contribution in [0.25, 0.3) is 0 Å². The zero-order valence-electron chi connectivity index (χ0n) is 9.27. The number of anilines is 1. The first kappa shape index (κ1) is 12.9.